The molecule has 0 saturated carbocycles. The third kappa shape index (κ3) is 6.27. The molecule has 0 aliphatic heterocycles. The molecule has 4 nitrogen and oxygen atoms in total. The Morgan fingerprint density at radius 1 is 1.35 bits per heavy atom. The van der Waals surface area contributed by atoms with Gasteiger partial charge in [-0.15, -0.1) is 0 Å². The van der Waals surface area contributed by atoms with E-state index in [1.165, 1.54) is 6.07 Å². The van der Waals surface area contributed by atoms with Crippen LogP contribution < -0.4 is 10.1 Å². The number of alkyl halides is 2. The van der Waals surface area contributed by atoms with Gasteiger partial charge in [0, 0.05) is 25.2 Å². The number of hydrogen-bond acceptors (Lipinski definition) is 4. The molecule has 20 heavy (non-hydrogen) atoms. The SMILES string of the molecule is CN(C)CC(C)(O)CNCc1ccccc1OC(F)F. The zero-order valence-corrected chi connectivity index (χ0v) is 12.1. The lowest BCUT2D eigenvalue weighted by Crippen LogP contribution is -2.45. The Hall–Kier alpha value is -1.24. The molecule has 1 rings (SSSR count). The summed E-state index contributed by atoms with van der Waals surface area (Å²) in [6.45, 7) is 0.102. The summed E-state index contributed by atoms with van der Waals surface area (Å²) in [5, 5.41) is 13.2. The van der Waals surface area contributed by atoms with Crippen LogP contribution in [0, 0.1) is 0 Å². The summed E-state index contributed by atoms with van der Waals surface area (Å²) in [7, 11) is 3.75. The number of nitrogens with one attached hydrogen (secondary N) is 1. The van der Waals surface area contributed by atoms with Gasteiger partial charge in [0.15, 0.2) is 0 Å². The Morgan fingerprint density at radius 3 is 2.60 bits per heavy atom. The highest BCUT2D eigenvalue weighted by atomic mass is 19.3. The van der Waals surface area contributed by atoms with Crippen LogP contribution in [0.3, 0.4) is 0 Å². The first-order valence-corrected chi connectivity index (χ1v) is 6.41. The lowest BCUT2D eigenvalue weighted by atomic mass is 10.1. The zero-order chi connectivity index (χ0) is 15.2. The Labute approximate surface area is 118 Å². The number of benzene rings is 1. The molecule has 2 N–H and O–H groups in total. The summed E-state index contributed by atoms with van der Waals surface area (Å²) in [5.74, 6) is 0.155. The Bertz CT molecular complexity index is 412. The molecule has 1 aromatic rings. The second-order valence-corrected chi connectivity index (χ2v) is 5.32. The van der Waals surface area contributed by atoms with Crippen molar-refractivity contribution in [2.45, 2.75) is 25.7 Å². The number of halogens is 2. The maximum absolute atomic E-state index is 12.3. The van der Waals surface area contributed by atoms with E-state index >= 15 is 0 Å². The minimum absolute atomic E-state index is 0.155. The number of aliphatic hydroxyl groups is 1. The van der Waals surface area contributed by atoms with Gasteiger partial charge in [0.05, 0.1) is 5.60 Å². The van der Waals surface area contributed by atoms with Gasteiger partial charge >= 0.3 is 6.61 Å². The van der Waals surface area contributed by atoms with Crippen molar-refractivity contribution < 1.29 is 18.6 Å². The molecule has 0 spiro atoms. The molecule has 0 aliphatic carbocycles. The Balaban J connectivity index is 2.53. The van der Waals surface area contributed by atoms with Crippen molar-refractivity contribution in [3.63, 3.8) is 0 Å². The Morgan fingerprint density at radius 2 is 2.00 bits per heavy atom. The molecule has 0 saturated heterocycles. The topological polar surface area (TPSA) is 44.7 Å². The van der Waals surface area contributed by atoms with Crippen molar-refractivity contribution in [1.29, 1.82) is 0 Å². The van der Waals surface area contributed by atoms with Crippen LogP contribution in [0.1, 0.15) is 12.5 Å². The lowest BCUT2D eigenvalue weighted by Gasteiger charge is -2.27. The first kappa shape index (κ1) is 16.8. The van der Waals surface area contributed by atoms with Gasteiger partial charge in [-0.25, -0.2) is 0 Å². The van der Waals surface area contributed by atoms with E-state index in [9.17, 15) is 13.9 Å². The monoisotopic (exact) mass is 288 g/mol. The van der Waals surface area contributed by atoms with Gasteiger partial charge in [-0.1, -0.05) is 18.2 Å². The molecule has 1 atom stereocenters. The van der Waals surface area contributed by atoms with E-state index in [4.69, 9.17) is 0 Å². The third-order valence-corrected chi connectivity index (χ3v) is 2.67. The fourth-order valence-electron chi connectivity index (χ4n) is 2.06. The molecule has 0 aromatic heterocycles. The van der Waals surface area contributed by atoms with E-state index in [2.05, 4.69) is 10.1 Å². The van der Waals surface area contributed by atoms with Crippen LogP contribution in [0.2, 0.25) is 0 Å². The standard InChI is InChI=1S/C14H22F2N2O2/c1-14(19,10-18(2)3)9-17-8-11-6-4-5-7-12(11)20-13(15)16/h4-7,13,17,19H,8-10H2,1-3H3. The number of nitrogens with zero attached hydrogens (tertiary/aromatic N) is 1. The van der Waals surface area contributed by atoms with Gasteiger partial charge in [-0.05, 0) is 27.1 Å². The number of hydrogen-bond donors (Lipinski definition) is 2. The van der Waals surface area contributed by atoms with Crippen molar-refractivity contribution in [3.8, 4) is 5.75 Å². The molecular formula is C14H22F2N2O2. The van der Waals surface area contributed by atoms with Crippen molar-refractivity contribution in [1.82, 2.24) is 10.2 Å². The first-order chi connectivity index (χ1) is 9.30. The second kappa shape index (κ2) is 7.52. The van der Waals surface area contributed by atoms with Crippen molar-refractivity contribution in [2.24, 2.45) is 0 Å². The molecule has 1 unspecified atom stereocenters. The van der Waals surface area contributed by atoms with Crippen molar-refractivity contribution in [2.75, 3.05) is 27.2 Å². The van der Waals surface area contributed by atoms with Crippen LogP contribution >= 0.6 is 0 Å². The summed E-state index contributed by atoms with van der Waals surface area (Å²) in [4.78, 5) is 1.88. The average molecular weight is 288 g/mol. The molecule has 0 heterocycles. The zero-order valence-electron chi connectivity index (χ0n) is 12.1. The van der Waals surface area contributed by atoms with E-state index < -0.39 is 12.2 Å². The highest BCUT2D eigenvalue weighted by Gasteiger charge is 2.20. The quantitative estimate of drug-likeness (QED) is 0.764. The highest BCUT2D eigenvalue weighted by molar-refractivity contribution is 5.33. The summed E-state index contributed by atoms with van der Waals surface area (Å²) in [6, 6.07) is 6.61. The van der Waals surface area contributed by atoms with Gasteiger partial charge in [0.25, 0.3) is 0 Å². The largest absolute Gasteiger partial charge is 0.434 e. The van der Waals surface area contributed by atoms with E-state index in [1.54, 1.807) is 25.1 Å². The number of rotatable bonds is 8. The van der Waals surface area contributed by atoms with Gasteiger partial charge in [0.2, 0.25) is 0 Å². The molecule has 0 bridgehead atoms. The third-order valence-electron chi connectivity index (χ3n) is 2.67. The van der Waals surface area contributed by atoms with Crippen molar-refractivity contribution in [3.05, 3.63) is 29.8 Å². The summed E-state index contributed by atoms with van der Waals surface area (Å²) in [5.41, 5.74) is -0.254. The molecule has 0 aliphatic rings. The van der Waals surface area contributed by atoms with E-state index in [0.717, 1.165) is 0 Å². The number of likely N-dealkylation sites (N-methyl/N-ethyl adjacent to an activating group) is 1. The number of para-hydroxylation sites is 1. The van der Waals surface area contributed by atoms with Gasteiger partial charge in [0.1, 0.15) is 5.75 Å². The summed E-state index contributed by atoms with van der Waals surface area (Å²) in [6.07, 6.45) is 0. The minimum Gasteiger partial charge on any atom is -0.434 e. The van der Waals surface area contributed by atoms with Gasteiger partial charge < -0.3 is 20.1 Å². The molecule has 0 fully saturated rings. The summed E-state index contributed by atoms with van der Waals surface area (Å²) < 4.78 is 29.0. The van der Waals surface area contributed by atoms with Crippen LogP contribution in [-0.2, 0) is 6.54 Å². The van der Waals surface area contributed by atoms with Gasteiger partial charge in [-0.3, -0.25) is 0 Å². The van der Waals surface area contributed by atoms with E-state index in [-0.39, 0.29) is 5.75 Å². The number of ether oxygens (including phenoxy) is 1. The van der Waals surface area contributed by atoms with E-state index in [0.29, 0.717) is 25.2 Å². The molecule has 114 valence electrons. The van der Waals surface area contributed by atoms with Gasteiger partial charge in [-0.2, -0.15) is 8.78 Å². The fraction of sp³-hybridized carbons (Fsp3) is 0.571. The van der Waals surface area contributed by atoms with E-state index in [1.807, 2.05) is 19.0 Å². The van der Waals surface area contributed by atoms with Crippen LogP contribution in [0.4, 0.5) is 8.78 Å². The average Bonchev–Trinajstić information content (AvgIpc) is 2.28. The molecule has 0 radical (unpaired) electrons. The first-order valence-electron chi connectivity index (χ1n) is 6.41. The maximum atomic E-state index is 12.3. The molecule has 0 amide bonds. The second-order valence-electron chi connectivity index (χ2n) is 5.32. The predicted octanol–water partition coefficient (Wildman–Crippen LogP) is 1.69. The van der Waals surface area contributed by atoms with Crippen LogP contribution in [0.25, 0.3) is 0 Å². The minimum atomic E-state index is -2.84. The Kier molecular flexibility index (Phi) is 6.32. The van der Waals surface area contributed by atoms with Crippen molar-refractivity contribution >= 4 is 0 Å². The predicted molar refractivity (Wildman–Crippen MR) is 74.0 cm³/mol. The van der Waals surface area contributed by atoms with Crippen LogP contribution in [0.5, 0.6) is 5.75 Å². The van der Waals surface area contributed by atoms with Crippen LogP contribution in [-0.4, -0.2) is 49.4 Å². The maximum Gasteiger partial charge on any atom is 0.387 e. The van der Waals surface area contributed by atoms with Crippen LogP contribution in [0.15, 0.2) is 24.3 Å². The summed E-state index contributed by atoms with van der Waals surface area (Å²) >= 11 is 0. The normalized spacial score (nSPS) is 14.6. The highest BCUT2D eigenvalue weighted by Crippen LogP contribution is 2.20. The fourth-order valence-corrected chi connectivity index (χ4v) is 2.06. The lowest BCUT2D eigenvalue weighted by molar-refractivity contribution is -0.0505. The molecule has 1 aromatic carbocycles. The molecular weight excluding hydrogens is 266 g/mol. The molecule has 6 heteroatoms. The smallest absolute Gasteiger partial charge is 0.387 e.